The van der Waals surface area contributed by atoms with Gasteiger partial charge >= 0.3 is 0 Å². The zero-order chi connectivity index (χ0) is 11.3. The van der Waals surface area contributed by atoms with E-state index in [1.165, 1.54) is 17.5 Å². The minimum absolute atomic E-state index is 0.459. The molecule has 0 aliphatic carbocycles. The Labute approximate surface area is 93.9 Å². The standard InChI is InChI=1S/C14H23N/c1-5-11(2)10-15-13(4)14-9-7-6-8-12(14)3/h6-9,11,13,15H,5,10H2,1-4H3/t11?,13-/m1/s1. The minimum Gasteiger partial charge on any atom is -0.310 e. The van der Waals surface area contributed by atoms with E-state index in [4.69, 9.17) is 0 Å². The topological polar surface area (TPSA) is 12.0 Å². The fraction of sp³-hybridized carbons (Fsp3) is 0.571. The molecule has 0 amide bonds. The Bertz CT molecular complexity index is 293. The molecule has 15 heavy (non-hydrogen) atoms. The molecule has 1 unspecified atom stereocenters. The van der Waals surface area contributed by atoms with Crippen LogP contribution in [0.4, 0.5) is 0 Å². The molecule has 1 N–H and O–H groups in total. The lowest BCUT2D eigenvalue weighted by Gasteiger charge is -2.18. The van der Waals surface area contributed by atoms with Crippen molar-refractivity contribution in [2.75, 3.05) is 6.54 Å². The third-order valence-electron chi connectivity index (χ3n) is 3.12. The van der Waals surface area contributed by atoms with Crippen LogP contribution in [0.1, 0.15) is 44.4 Å². The molecule has 0 fully saturated rings. The molecule has 0 radical (unpaired) electrons. The fourth-order valence-electron chi connectivity index (χ4n) is 1.70. The zero-order valence-electron chi connectivity index (χ0n) is 10.4. The molecule has 0 saturated carbocycles. The summed E-state index contributed by atoms with van der Waals surface area (Å²) in [6.45, 7) is 10.1. The van der Waals surface area contributed by atoms with E-state index in [-0.39, 0.29) is 0 Å². The SMILES string of the molecule is CCC(C)CN[C@H](C)c1ccccc1C. The van der Waals surface area contributed by atoms with Crippen molar-refractivity contribution in [2.45, 2.75) is 40.2 Å². The summed E-state index contributed by atoms with van der Waals surface area (Å²) in [7, 11) is 0. The smallest absolute Gasteiger partial charge is 0.0294 e. The van der Waals surface area contributed by atoms with Crippen molar-refractivity contribution in [1.82, 2.24) is 5.32 Å². The van der Waals surface area contributed by atoms with Crippen LogP contribution in [-0.2, 0) is 0 Å². The summed E-state index contributed by atoms with van der Waals surface area (Å²) in [5, 5.41) is 3.59. The maximum absolute atomic E-state index is 3.59. The molecule has 1 aromatic rings. The number of rotatable bonds is 5. The van der Waals surface area contributed by atoms with Crippen LogP contribution in [0.5, 0.6) is 0 Å². The summed E-state index contributed by atoms with van der Waals surface area (Å²) < 4.78 is 0. The largest absolute Gasteiger partial charge is 0.310 e. The van der Waals surface area contributed by atoms with Crippen molar-refractivity contribution in [3.63, 3.8) is 0 Å². The first kappa shape index (κ1) is 12.3. The van der Waals surface area contributed by atoms with Crippen molar-refractivity contribution < 1.29 is 0 Å². The molecule has 0 heterocycles. The van der Waals surface area contributed by atoms with Crippen LogP contribution < -0.4 is 5.32 Å². The first-order valence-electron chi connectivity index (χ1n) is 5.94. The van der Waals surface area contributed by atoms with E-state index >= 15 is 0 Å². The first-order chi connectivity index (χ1) is 7.15. The van der Waals surface area contributed by atoms with Crippen molar-refractivity contribution in [3.05, 3.63) is 35.4 Å². The normalized spacial score (nSPS) is 14.9. The molecule has 0 spiro atoms. The van der Waals surface area contributed by atoms with Gasteiger partial charge in [0.1, 0.15) is 0 Å². The van der Waals surface area contributed by atoms with Crippen LogP contribution in [0.2, 0.25) is 0 Å². The molecule has 0 bridgehead atoms. The van der Waals surface area contributed by atoms with E-state index in [1.54, 1.807) is 0 Å². The second-order valence-corrected chi connectivity index (χ2v) is 4.50. The molecular weight excluding hydrogens is 182 g/mol. The number of nitrogens with one attached hydrogen (secondary N) is 1. The van der Waals surface area contributed by atoms with Crippen molar-refractivity contribution in [3.8, 4) is 0 Å². The van der Waals surface area contributed by atoms with Gasteiger partial charge in [0.2, 0.25) is 0 Å². The Kier molecular flexibility index (Phi) is 4.83. The van der Waals surface area contributed by atoms with Crippen LogP contribution in [-0.4, -0.2) is 6.54 Å². The highest BCUT2D eigenvalue weighted by Crippen LogP contribution is 2.16. The van der Waals surface area contributed by atoms with E-state index in [9.17, 15) is 0 Å². The predicted molar refractivity (Wildman–Crippen MR) is 67.1 cm³/mol. The molecule has 2 atom stereocenters. The van der Waals surface area contributed by atoms with Crippen LogP contribution in [0.15, 0.2) is 24.3 Å². The van der Waals surface area contributed by atoms with Crippen LogP contribution in [0.3, 0.4) is 0 Å². The Balaban J connectivity index is 2.54. The molecule has 0 aromatic heterocycles. The Morgan fingerprint density at radius 1 is 1.20 bits per heavy atom. The number of aryl methyl sites for hydroxylation is 1. The van der Waals surface area contributed by atoms with E-state index in [1.807, 2.05) is 0 Å². The molecule has 1 aromatic carbocycles. The lowest BCUT2D eigenvalue weighted by Crippen LogP contribution is -2.24. The van der Waals surface area contributed by atoms with Gasteiger partial charge in [0, 0.05) is 6.04 Å². The molecular formula is C14H23N. The van der Waals surface area contributed by atoms with Crippen LogP contribution in [0.25, 0.3) is 0 Å². The van der Waals surface area contributed by atoms with E-state index < -0.39 is 0 Å². The van der Waals surface area contributed by atoms with Gasteiger partial charge in [-0.1, -0.05) is 44.5 Å². The van der Waals surface area contributed by atoms with Crippen molar-refractivity contribution in [1.29, 1.82) is 0 Å². The van der Waals surface area contributed by atoms with Crippen molar-refractivity contribution in [2.24, 2.45) is 5.92 Å². The summed E-state index contributed by atoms with van der Waals surface area (Å²) in [6.07, 6.45) is 1.24. The quantitative estimate of drug-likeness (QED) is 0.773. The number of hydrogen-bond acceptors (Lipinski definition) is 1. The Morgan fingerprint density at radius 2 is 1.87 bits per heavy atom. The van der Waals surface area contributed by atoms with Crippen LogP contribution >= 0.6 is 0 Å². The van der Waals surface area contributed by atoms with Gasteiger partial charge in [-0.15, -0.1) is 0 Å². The minimum atomic E-state index is 0.459. The molecule has 0 aliphatic rings. The molecule has 1 rings (SSSR count). The highest BCUT2D eigenvalue weighted by atomic mass is 14.9. The fourth-order valence-corrected chi connectivity index (χ4v) is 1.70. The monoisotopic (exact) mass is 205 g/mol. The summed E-state index contributed by atoms with van der Waals surface area (Å²) in [4.78, 5) is 0. The molecule has 1 heteroatoms. The zero-order valence-corrected chi connectivity index (χ0v) is 10.4. The Morgan fingerprint density at radius 3 is 2.47 bits per heavy atom. The van der Waals surface area contributed by atoms with E-state index in [2.05, 4.69) is 57.3 Å². The second-order valence-electron chi connectivity index (χ2n) is 4.50. The van der Waals surface area contributed by atoms with Gasteiger partial charge in [-0.2, -0.15) is 0 Å². The first-order valence-corrected chi connectivity index (χ1v) is 5.94. The Hall–Kier alpha value is -0.820. The highest BCUT2D eigenvalue weighted by molar-refractivity contribution is 5.28. The number of benzene rings is 1. The lowest BCUT2D eigenvalue weighted by atomic mass is 10.0. The van der Waals surface area contributed by atoms with Crippen molar-refractivity contribution >= 4 is 0 Å². The van der Waals surface area contributed by atoms with Gasteiger partial charge in [-0.3, -0.25) is 0 Å². The highest BCUT2D eigenvalue weighted by Gasteiger charge is 2.07. The maximum Gasteiger partial charge on any atom is 0.0294 e. The van der Waals surface area contributed by atoms with Gasteiger partial charge < -0.3 is 5.32 Å². The van der Waals surface area contributed by atoms with Gasteiger partial charge in [0.05, 0.1) is 0 Å². The van der Waals surface area contributed by atoms with E-state index in [0.717, 1.165) is 12.5 Å². The average Bonchev–Trinajstić information content (AvgIpc) is 2.26. The summed E-state index contributed by atoms with van der Waals surface area (Å²) >= 11 is 0. The maximum atomic E-state index is 3.59. The van der Waals surface area contributed by atoms with Gasteiger partial charge in [0.25, 0.3) is 0 Å². The third kappa shape index (κ3) is 3.67. The lowest BCUT2D eigenvalue weighted by molar-refractivity contribution is 0.460. The second kappa shape index (κ2) is 5.92. The molecule has 1 nitrogen and oxygen atoms in total. The number of hydrogen-bond donors (Lipinski definition) is 1. The average molecular weight is 205 g/mol. The predicted octanol–water partition coefficient (Wildman–Crippen LogP) is 3.69. The van der Waals surface area contributed by atoms with Gasteiger partial charge in [-0.25, -0.2) is 0 Å². The van der Waals surface area contributed by atoms with Gasteiger partial charge in [0.15, 0.2) is 0 Å². The van der Waals surface area contributed by atoms with Crippen LogP contribution in [0, 0.1) is 12.8 Å². The van der Waals surface area contributed by atoms with E-state index in [0.29, 0.717) is 6.04 Å². The molecule has 0 aliphatic heterocycles. The molecule has 84 valence electrons. The molecule has 0 saturated heterocycles. The third-order valence-corrected chi connectivity index (χ3v) is 3.12. The summed E-state index contributed by atoms with van der Waals surface area (Å²) in [5.74, 6) is 0.761. The summed E-state index contributed by atoms with van der Waals surface area (Å²) in [5.41, 5.74) is 2.79. The van der Waals surface area contributed by atoms with Gasteiger partial charge in [-0.05, 0) is 37.4 Å². The summed E-state index contributed by atoms with van der Waals surface area (Å²) in [6, 6.07) is 9.06.